The Morgan fingerprint density at radius 3 is 1.83 bits per heavy atom. The molecule has 0 aromatic heterocycles. The lowest BCUT2D eigenvalue weighted by atomic mass is 10.1. The van der Waals surface area contributed by atoms with Crippen molar-refractivity contribution < 1.29 is 24.1 Å². The van der Waals surface area contributed by atoms with Crippen LogP contribution in [0.4, 0.5) is 5.69 Å². The summed E-state index contributed by atoms with van der Waals surface area (Å²) >= 11 is 13.3. The predicted molar refractivity (Wildman–Crippen MR) is 143 cm³/mol. The fourth-order valence-corrected chi connectivity index (χ4v) is 6.05. The highest BCUT2D eigenvalue weighted by Crippen LogP contribution is 2.45. The third kappa shape index (κ3) is 4.44. The van der Waals surface area contributed by atoms with Crippen LogP contribution in [0.15, 0.2) is 72.5 Å². The van der Waals surface area contributed by atoms with Crippen molar-refractivity contribution in [3.05, 3.63) is 105 Å². The first-order valence-corrected chi connectivity index (χ1v) is 13.1. The molecule has 0 N–H and O–H groups in total. The molecule has 1 aliphatic rings. The van der Waals surface area contributed by atoms with Crippen LogP contribution < -0.4 is 0 Å². The Morgan fingerprint density at radius 2 is 1.31 bits per heavy atom. The van der Waals surface area contributed by atoms with Gasteiger partial charge in [-0.1, -0.05) is 42.5 Å². The zero-order valence-corrected chi connectivity index (χ0v) is 24.1. The molecule has 1 heterocycles. The molecule has 1 aliphatic heterocycles. The predicted octanol–water partition coefficient (Wildman–Crippen LogP) is 6.18. The van der Waals surface area contributed by atoms with Gasteiger partial charge in [-0.15, -0.1) is 0 Å². The highest BCUT2D eigenvalue weighted by Gasteiger charge is 2.46. The number of benzene rings is 3. The van der Waals surface area contributed by atoms with Gasteiger partial charge in [0.15, 0.2) is 5.78 Å². The van der Waals surface area contributed by atoms with E-state index >= 15 is 0 Å². The third-order valence-electron chi connectivity index (χ3n) is 5.28. The molecule has 0 aliphatic carbocycles. The summed E-state index contributed by atoms with van der Waals surface area (Å²) in [7, 11) is 0. The molecule has 0 saturated heterocycles. The van der Waals surface area contributed by atoms with Crippen LogP contribution in [0.2, 0.25) is 0 Å². The summed E-state index contributed by atoms with van der Waals surface area (Å²) in [6.07, 6.45) is 0. The average molecular weight is 745 g/mol. The van der Waals surface area contributed by atoms with Crippen LogP contribution in [-0.4, -0.2) is 45.0 Å². The van der Waals surface area contributed by atoms with Crippen molar-refractivity contribution in [3.8, 4) is 0 Å². The van der Waals surface area contributed by atoms with Crippen LogP contribution in [0.3, 0.4) is 0 Å². The molecule has 3 aromatic rings. The number of fused-ring (bicyclic) bond motifs is 1. The Morgan fingerprint density at radius 1 is 0.806 bits per heavy atom. The van der Waals surface area contributed by atoms with Crippen LogP contribution in [0.5, 0.6) is 0 Å². The molecular weight excluding hydrogens is 734 g/mol. The van der Waals surface area contributed by atoms with Gasteiger partial charge in [0.05, 0.1) is 16.1 Å². The molecule has 0 atom stereocenters. The van der Waals surface area contributed by atoms with Gasteiger partial charge >= 0.3 is 0 Å². The lowest BCUT2D eigenvalue weighted by Gasteiger charge is -2.29. The fraction of sp³-hybridized carbons (Fsp3) is 0.0435. The largest absolute Gasteiger partial charge is 0.292 e. The van der Waals surface area contributed by atoms with E-state index < -0.39 is 40.7 Å². The van der Waals surface area contributed by atoms with Crippen LogP contribution in [0.1, 0.15) is 41.4 Å². The molecule has 0 unspecified atom stereocenters. The number of nitrogens with zero attached hydrogens (tertiary/aromatic N) is 3. The van der Waals surface area contributed by atoms with E-state index in [9.17, 15) is 29.3 Å². The van der Waals surface area contributed by atoms with Gasteiger partial charge in [-0.05, 0) is 69.8 Å². The molecule has 0 saturated carbocycles. The molecule has 13 heteroatoms. The summed E-state index contributed by atoms with van der Waals surface area (Å²) in [6, 6.07) is 13.0. The van der Waals surface area contributed by atoms with Crippen LogP contribution in [0, 0.1) is 10.1 Å². The van der Waals surface area contributed by atoms with E-state index in [1.54, 1.807) is 18.2 Å². The minimum Gasteiger partial charge on any atom is -0.292 e. The van der Waals surface area contributed by atoms with Gasteiger partial charge in [0.2, 0.25) is 0 Å². The molecule has 36 heavy (non-hydrogen) atoms. The first kappa shape index (κ1) is 26.3. The number of halogens is 4. The minimum atomic E-state index is -1.06. The van der Waals surface area contributed by atoms with Gasteiger partial charge < -0.3 is 0 Å². The Hall–Kier alpha value is -2.74. The molecule has 182 valence electrons. The Labute approximate surface area is 237 Å². The Balaban J connectivity index is 1.87. The lowest BCUT2D eigenvalue weighted by Crippen LogP contribution is -2.51. The number of Topliss-reactive ketones (excluding diaryl/α,β-unsaturated/α-hetero) is 1. The quantitative estimate of drug-likeness (QED) is 0.0744. The van der Waals surface area contributed by atoms with Gasteiger partial charge in [0.25, 0.3) is 23.4 Å². The van der Waals surface area contributed by atoms with Crippen molar-refractivity contribution >= 4 is 92.9 Å². The van der Waals surface area contributed by atoms with Crippen molar-refractivity contribution in [2.75, 3.05) is 6.54 Å². The highest BCUT2D eigenvalue weighted by atomic mass is 79.9. The highest BCUT2D eigenvalue weighted by molar-refractivity contribution is 9.15. The number of amides is 3. The monoisotopic (exact) mass is 741 g/mol. The molecule has 0 spiro atoms. The summed E-state index contributed by atoms with van der Waals surface area (Å²) in [5.74, 6) is -3.42. The van der Waals surface area contributed by atoms with Gasteiger partial charge in [-0.25, -0.2) is 5.01 Å². The smallest absolute Gasteiger partial charge is 0.282 e. The van der Waals surface area contributed by atoms with Crippen molar-refractivity contribution in [1.29, 1.82) is 0 Å². The molecule has 4 rings (SSSR count). The number of nitro groups is 1. The maximum absolute atomic E-state index is 13.7. The summed E-state index contributed by atoms with van der Waals surface area (Å²) in [6.45, 7) is -0.724. The number of hydrazine groups is 1. The van der Waals surface area contributed by atoms with Crippen molar-refractivity contribution in [1.82, 2.24) is 10.0 Å². The van der Waals surface area contributed by atoms with Crippen molar-refractivity contribution in [3.63, 3.8) is 0 Å². The minimum absolute atomic E-state index is 0.0468. The van der Waals surface area contributed by atoms with E-state index in [2.05, 4.69) is 63.7 Å². The van der Waals surface area contributed by atoms with Gasteiger partial charge in [0.1, 0.15) is 12.1 Å². The molecule has 0 fully saturated rings. The first-order valence-electron chi connectivity index (χ1n) is 9.94. The van der Waals surface area contributed by atoms with E-state index in [0.717, 1.165) is 6.07 Å². The number of nitro benzene ring substituents is 1. The summed E-state index contributed by atoms with van der Waals surface area (Å²) < 4.78 is 1.38. The molecule has 3 aromatic carbocycles. The normalized spacial score (nSPS) is 12.5. The Kier molecular flexibility index (Phi) is 7.55. The molecule has 3 amide bonds. The van der Waals surface area contributed by atoms with Crippen molar-refractivity contribution in [2.45, 2.75) is 0 Å². The second-order valence-corrected chi connectivity index (χ2v) is 10.5. The second-order valence-electron chi connectivity index (χ2n) is 7.35. The van der Waals surface area contributed by atoms with Crippen LogP contribution in [0.25, 0.3) is 0 Å². The zero-order valence-electron chi connectivity index (χ0n) is 17.7. The van der Waals surface area contributed by atoms with Gasteiger partial charge in [0, 0.05) is 29.5 Å². The summed E-state index contributed by atoms with van der Waals surface area (Å²) in [5, 5.41) is 12.8. The van der Waals surface area contributed by atoms with E-state index in [1.165, 1.54) is 30.3 Å². The molecule has 0 bridgehead atoms. The summed E-state index contributed by atoms with van der Waals surface area (Å²) in [4.78, 5) is 64.6. The fourth-order valence-electron chi connectivity index (χ4n) is 3.59. The maximum Gasteiger partial charge on any atom is 0.282 e. The third-order valence-corrected chi connectivity index (χ3v) is 10.0. The summed E-state index contributed by atoms with van der Waals surface area (Å²) in [5.41, 5.74) is -0.796. The standard InChI is InChI=1S/C23H11Br4N3O6/c24-17-15-16(18(25)20(27)19(17)26)23(34)29(22(15)33)28(10-14(31)11-6-2-1-3-7-11)21(32)12-8-4-5-9-13(12)30(35)36/h1-9H,10H2. The number of hydrogen-bond acceptors (Lipinski definition) is 6. The number of carbonyl (C=O) groups is 4. The second kappa shape index (κ2) is 10.3. The van der Waals surface area contributed by atoms with Crippen molar-refractivity contribution in [2.24, 2.45) is 0 Å². The zero-order chi connectivity index (χ0) is 26.3. The first-order chi connectivity index (χ1) is 17.1. The topological polar surface area (TPSA) is 118 Å². The number of ketones is 1. The van der Waals surface area contributed by atoms with E-state index in [1.807, 2.05) is 0 Å². The van der Waals surface area contributed by atoms with E-state index in [-0.39, 0.29) is 31.2 Å². The van der Waals surface area contributed by atoms with Crippen LogP contribution >= 0.6 is 63.7 Å². The maximum atomic E-state index is 13.7. The number of imide groups is 1. The molecular formula is C23H11Br4N3O6. The number of para-hydroxylation sites is 1. The molecule has 0 radical (unpaired) electrons. The SMILES string of the molecule is O=C(CN(C(=O)c1ccccc1[N+](=O)[O-])N1C(=O)c2c(Br)c(Br)c(Br)c(Br)c2C1=O)c1ccccc1. The number of rotatable bonds is 6. The van der Waals surface area contributed by atoms with E-state index in [4.69, 9.17) is 0 Å². The van der Waals surface area contributed by atoms with E-state index in [0.29, 0.717) is 19.0 Å². The van der Waals surface area contributed by atoms with Gasteiger partial charge in [-0.2, -0.15) is 5.01 Å². The molecule has 9 nitrogen and oxygen atoms in total. The Bertz CT molecular complexity index is 1430. The average Bonchev–Trinajstić information content (AvgIpc) is 3.14. The number of carbonyl (C=O) groups excluding carboxylic acids is 4. The van der Waals surface area contributed by atoms with Crippen LogP contribution in [-0.2, 0) is 0 Å². The lowest BCUT2D eigenvalue weighted by molar-refractivity contribution is -0.385. The van der Waals surface area contributed by atoms with Gasteiger partial charge in [-0.3, -0.25) is 29.3 Å². The number of hydrogen-bond donors (Lipinski definition) is 0.